The molecule has 0 aromatic heterocycles. The van der Waals surface area contributed by atoms with Gasteiger partial charge in [-0.05, 0) is 36.8 Å². The summed E-state index contributed by atoms with van der Waals surface area (Å²) in [7, 11) is 0. The zero-order chi connectivity index (χ0) is 11.6. The largest absolute Gasteiger partial charge is 0.481 e. The zero-order valence-electron chi connectivity index (χ0n) is 9.28. The van der Waals surface area contributed by atoms with Crippen molar-refractivity contribution in [3.8, 4) is 0 Å². The second-order valence-electron chi connectivity index (χ2n) is 4.54. The van der Waals surface area contributed by atoms with Gasteiger partial charge in [0.15, 0.2) is 0 Å². The Morgan fingerprint density at radius 3 is 2.38 bits per heavy atom. The molecule has 1 aliphatic carbocycles. The average Bonchev–Trinajstić information content (AvgIpc) is 2.66. The highest BCUT2D eigenvalue weighted by Gasteiger charge is 2.42. The molecule has 16 heavy (non-hydrogen) atoms. The van der Waals surface area contributed by atoms with Crippen LogP contribution in [-0.2, 0) is 17.6 Å². The van der Waals surface area contributed by atoms with Gasteiger partial charge in [0.1, 0.15) is 0 Å². The Bertz CT molecular complexity index is 395. The summed E-state index contributed by atoms with van der Waals surface area (Å²) in [5.41, 5.74) is 1.78. The molecule has 0 saturated carbocycles. The number of carboxylic acids is 1. The fourth-order valence-electron chi connectivity index (χ4n) is 2.51. The van der Waals surface area contributed by atoms with Crippen LogP contribution >= 0.6 is 0 Å². The third kappa shape index (κ3) is 1.75. The van der Waals surface area contributed by atoms with Crippen molar-refractivity contribution < 1.29 is 9.90 Å². The number of fused-ring (bicyclic) bond motifs is 1. The summed E-state index contributed by atoms with van der Waals surface area (Å²) >= 11 is 0. The number of allylic oxidation sites excluding steroid dienone is 1. The van der Waals surface area contributed by atoms with Crippen LogP contribution in [0.15, 0.2) is 36.9 Å². The Morgan fingerprint density at radius 1 is 1.38 bits per heavy atom. The van der Waals surface area contributed by atoms with E-state index in [1.807, 2.05) is 24.3 Å². The predicted octanol–water partition coefficient (Wildman–Crippen LogP) is 2.82. The van der Waals surface area contributed by atoms with Crippen LogP contribution in [0.2, 0.25) is 0 Å². The molecule has 1 aliphatic rings. The Hall–Kier alpha value is -1.57. The van der Waals surface area contributed by atoms with Crippen LogP contribution in [0.4, 0.5) is 0 Å². The molecule has 84 valence electrons. The lowest BCUT2D eigenvalue weighted by Gasteiger charge is -2.22. The van der Waals surface area contributed by atoms with E-state index >= 15 is 0 Å². The maximum absolute atomic E-state index is 11.5. The van der Waals surface area contributed by atoms with Gasteiger partial charge in [-0.15, -0.1) is 6.58 Å². The van der Waals surface area contributed by atoms with Gasteiger partial charge in [0.2, 0.25) is 0 Å². The van der Waals surface area contributed by atoms with Crippen molar-refractivity contribution in [2.75, 3.05) is 0 Å². The van der Waals surface area contributed by atoms with Gasteiger partial charge in [0.05, 0.1) is 5.41 Å². The molecule has 0 radical (unpaired) electrons. The second kappa shape index (κ2) is 4.12. The normalized spacial score (nSPS) is 16.8. The monoisotopic (exact) mass is 216 g/mol. The first kappa shape index (κ1) is 10.9. The molecule has 0 fully saturated rings. The zero-order valence-corrected chi connectivity index (χ0v) is 9.28. The first-order valence-corrected chi connectivity index (χ1v) is 5.59. The van der Waals surface area contributed by atoms with Gasteiger partial charge in [0, 0.05) is 0 Å². The van der Waals surface area contributed by atoms with Crippen molar-refractivity contribution in [1.82, 2.24) is 0 Å². The molecule has 0 aliphatic heterocycles. The summed E-state index contributed by atoms with van der Waals surface area (Å²) in [4.78, 5) is 11.5. The molecule has 0 spiro atoms. The van der Waals surface area contributed by atoms with Crippen molar-refractivity contribution in [3.05, 3.63) is 48.0 Å². The van der Waals surface area contributed by atoms with Gasteiger partial charge in [-0.25, -0.2) is 0 Å². The van der Waals surface area contributed by atoms with Crippen LogP contribution in [0, 0.1) is 5.41 Å². The summed E-state index contributed by atoms with van der Waals surface area (Å²) in [6.07, 6.45) is 4.56. The number of carbonyl (C=O) groups is 1. The number of aliphatic carboxylic acids is 1. The Labute approximate surface area is 95.6 Å². The topological polar surface area (TPSA) is 37.3 Å². The van der Waals surface area contributed by atoms with E-state index in [1.165, 1.54) is 11.1 Å². The van der Waals surface area contributed by atoms with Gasteiger partial charge in [-0.2, -0.15) is 0 Å². The molecular formula is C14H16O2. The van der Waals surface area contributed by atoms with Crippen LogP contribution in [0.5, 0.6) is 0 Å². The average molecular weight is 216 g/mol. The van der Waals surface area contributed by atoms with Gasteiger partial charge >= 0.3 is 5.97 Å². The van der Waals surface area contributed by atoms with Crippen LogP contribution < -0.4 is 0 Å². The molecule has 0 bridgehead atoms. The molecule has 2 nitrogen and oxygen atoms in total. The fraction of sp³-hybridized carbons (Fsp3) is 0.357. The van der Waals surface area contributed by atoms with Gasteiger partial charge in [-0.3, -0.25) is 4.79 Å². The first-order valence-electron chi connectivity index (χ1n) is 5.59. The van der Waals surface area contributed by atoms with E-state index in [2.05, 4.69) is 6.58 Å². The highest BCUT2D eigenvalue weighted by molar-refractivity contribution is 5.77. The lowest BCUT2D eigenvalue weighted by Crippen LogP contribution is -2.31. The lowest BCUT2D eigenvalue weighted by molar-refractivity contribution is -0.148. The molecule has 1 N–H and O–H groups in total. The van der Waals surface area contributed by atoms with Crippen molar-refractivity contribution in [1.29, 1.82) is 0 Å². The Morgan fingerprint density at radius 2 is 1.94 bits per heavy atom. The Kier molecular flexibility index (Phi) is 2.82. The molecule has 0 heterocycles. The lowest BCUT2D eigenvalue weighted by atomic mass is 9.80. The second-order valence-corrected chi connectivity index (χ2v) is 4.54. The number of benzene rings is 1. The van der Waals surface area contributed by atoms with Crippen molar-refractivity contribution in [3.63, 3.8) is 0 Å². The van der Waals surface area contributed by atoms with E-state index in [-0.39, 0.29) is 0 Å². The molecule has 1 aromatic rings. The van der Waals surface area contributed by atoms with Crippen LogP contribution in [0.1, 0.15) is 24.0 Å². The standard InChI is InChI=1S/C14H16O2/c1-2-3-8-14(13(15)16)9-11-6-4-5-7-12(11)10-14/h2,4-7H,1,3,8-10H2,(H,15,16). The van der Waals surface area contributed by atoms with E-state index in [1.54, 1.807) is 6.08 Å². The first-order chi connectivity index (χ1) is 7.68. The minimum absolute atomic E-state index is 0.599. The molecule has 0 unspecified atom stereocenters. The number of rotatable bonds is 4. The summed E-state index contributed by atoms with van der Waals surface area (Å²) in [5.74, 6) is -0.675. The quantitative estimate of drug-likeness (QED) is 0.786. The van der Waals surface area contributed by atoms with Gasteiger partial charge in [-0.1, -0.05) is 30.3 Å². The molecular weight excluding hydrogens is 200 g/mol. The van der Waals surface area contributed by atoms with Gasteiger partial charge < -0.3 is 5.11 Å². The molecule has 0 atom stereocenters. The van der Waals surface area contributed by atoms with Crippen LogP contribution in [-0.4, -0.2) is 11.1 Å². The minimum Gasteiger partial charge on any atom is -0.481 e. The van der Waals surface area contributed by atoms with E-state index in [9.17, 15) is 9.90 Å². The number of carboxylic acid groups (broad SMARTS) is 1. The fourth-order valence-corrected chi connectivity index (χ4v) is 2.51. The molecule has 0 amide bonds. The number of hydrogen-bond acceptors (Lipinski definition) is 1. The molecule has 2 heteroatoms. The van der Waals surface area contributed by atoms with E-state index < -0.39 is 11.4 Å². The van der Waals surface area contributed by atoms with E-state index in [0.717, 1.165) is 6.42 Å². The van der Waals surface area contributed by atoms with Crippen molar-refractivity contribution in [2.45, 2.75) is 25.7 Å². The van der Waals surface area contributed by atoms with Crippen molar-refractivity contribution >= 4 is 5.97 Å². The highest BCUT2D eigenvalue weighted by Crippen LogP contribution is 2.40. The SMILES string of the molecule is C=CCCC1(C(=O)O)Cc2ccccc2C1. The number of hydrogen-bond donors (Lipinski definition) is 1. The highest BCUT2D eigenvalue weighted by atomic mass is 16.4. The maximum atomic E-state index is 11.5. The summed E-state index contributed by atoms with van der Waals surface area (Å²) in [6.45, 7) is 3.67. The Balaban J connectivity index is 2.27. The predicted molar refractivity (Wildman–Crippen MR) is 63.3 cm³/mol. The smallest absolute Gasteiger partial charge is 0.310 e. The summed E-state index contributed by atoms with van der Waals surface area (Å²) in [5, 5.41) is 9.43. The van der Waals surface area contributed by atoms with Crippen molar-refractivity contribution in [2.24, 2.45) is 5.41 Å². The maximum Gasteiger partial charge on any atom is 0.310 e. The van der Waals surface area contributed by atoms with Crippen LogP contribution in [0.3, 0.4) is 0 Å². The van der Waals surface area contributed by atoms with E-state index in [0.29, 0.717) is 19.3 Å². The van der Waals surface area contributed by atoms with Crippen LogP contribution in [0.25, 0.3) is 0 Å². The summed E-state index contributed by atoms with van der Waals surface area (Å²) < 4.78 is 0. The molecule has 0 saturated heterocycles. The molecule has 2 rings (SSSR count). The summed E-state index contributed by atoms with van der Waals surface area (Å²) in [6, 6.07) is 8.02. The third-order valence-electron chi connectivity index (χ3n) is 3.46. The van der Waals surface area contributed by atoms with Gasteiger partial charge in [0.25, 0.3) is 0 Å². The molecule has 1 aromatic carbocycles. The van der Waals surface area contributed by atoms with E-state index in [4.69, 9.17) is 0 Å². The minimum atomic E-state index is -0.675. The third-order valence-corrected chi connectivity index (χ3v) is 3.46.